The molecule has 0 amide bonds. The van der Waals surface area contributed by atoms with E-state index in [9.17, 15) is 0 Å². The second-order valence-electron chi connectivity index (χ2n) is 9.61. The molecule has 0 saturated carbocycles. The molecule has 0 saturated heterocycles. The van der Waals surface area contributed by atoms with Crippen molar-refractivity contribution in [2.45, 2.75) is 45.8 Å². The maximum Gasteiger partial charge on any atom is 0.119 e. The van der Waals surface area contributed by atoms with Crippen LogP contribution in [0.4, 0.5) is 0 Å². The fraction of sp³-hybridized carbons (Fsp3) is 0.226. The van der Waals surface area contributed by atoms with E-state index in [4.69, 9.17) is 9.84 Å². The highest BCUT2D eigenvalue weighted by Crippen LogP contribution is 2.27. The SMILES string of the molecule is CC(C)(C)c1ccc(-c2ccc(OCc3ccc(Cc4ccc(CO)cc4)cc3)cc2)cc1. The monoisotopic (exact) mass is 436 g/mol. The third-order valence-electron chi connectivity index (χ3n) is 5.98. The molecule has 1 N–H and O–H groups in total. The molecule has 0 atom stereocenters. The van der Waals surface area contributed by atoms with Gasteiger partial charge in [0.05, 0.1) is 6.61 Å². The van der Waals surface area contributed by atoms with Crippen LogP contribution in [0.25, 0.3) is 11.1 Å². The van der Waals surface area contributed by atoms with E-state index in [1.165, 1.54) is 27.8 Å². The molecule has 0 aliphatic heterocycles. The third kappa shape index (κ3) is 6.12. The number of rotatable bonds is 7. The summed E-state index contributed by atoms with van der Waals surface area (Å²) in [6, 6.07) is 33.8. The minimum absolute atomic E-state index is 0.0856. The number of aliphatic hydroxyl groups is 1. The maximum atomic E-state index is 9.17. The molecule has 33 heavy (non-hydrogen) atoms. The Hall–Kier alpha value is -3.36. The highest BCUT2D eigenvalue weighted by Gasteiger charge is 2.13. The highest BCUT2D eigenvalue weighted by atomic mass is 16.5. The predicted octanol–water partition coefficient (Wildman–Crippen LogP) is 7.31. The van der Waals surface area contributed by atoms with Crippen molar-refractivity contribution in [2.75, 3.05) is 0 Å². The van der Waals surface area contributed by atoms with E-state index in [1.807, 2.05) is 24.3 Å². The molecule has 168 valence electrons. The van der Waals surface area contributed by atoms with E-state index in [2.05, 4.69) is 93.6 Å². The molecule has 0 aliphatic carbocycles. The summed E-state index contributed by atoms with van der Waals surface area (Å²) in [5.41, 5.74) is 8.52. The molecule has 2 nitrogen and oxygen atoms in total. The van der Waals surface area contributed by atoms with Crippen molar-refractivity contribution in [1.82, 2.24) is 0 Å². The first-order valence-corrected chi connectivity index (χ1v) is 11.5. The second-order valence-corrected chi connectivity index (χ2v) is 9.61. The van der Waals surface area contributed by atoms with Crippen LogP contribution in [0.1, 0.15) is 48.6 Å². The molecule has 0 bridgehead atoms. The second kappa shape index (κ2) is 10.1. The van der Waals surface area contributed by atoms with Gasteiger partial charge in [-0.1, -0.05) is 106 Å². The Bertz CT molecular complexity index is 1150. The van der Waals surface area contributed by atoms with Gasteiger partial charge in [0.25, 0.3) is 0 Å². The summed E-state index contributed by atoms with van der Waals surface area (Å²) in [4.78, 5) is 0. The lowest BCUT2D eigenvalue weighted by molar-refractivity contribution is 0.282. The van der Waals surface area contributed by atoms with Gasteiger partial charge in [0.15, 0.2) is 0 Å². The molecule has 4 aromatic carbocycles. The largest absolute Gasteiger partial charge is 0.489 e. The van der Waals surface area contributed by atoms with Gasteiger partial charge in [0, 0.05) is 0 Å². The molecule has 0 aliphatic rings. The Balaban J connectivity index is 1.32. The number of benzene rings is 4. The van der Waals surface area contributed by atoms with Crippen molar-refractivity contribution in [3.63, 3.8) is 0 Å². The van der Waals surface area contributed by atoms with Crippen molar-refractivity contribution < 1.29 is 9.84 Å². The third-order valence-corrected chi connectivity index (χ3v) is 5.98. The van der Waals surface area contributed by atoms with Gasteiger partial charge in [-0.05, 0) is 62.9 Å². The molecule has 0 aromatic heterocycles. The summed E-state index contributed by atoms with van der Waals surface area (Å²) in [5.74, 6) is 0.873. The Labute approximate surface area is 197 Å². The van der Waals surface area contributed by atoms with E-state index in [0.29, 0.717) is 6.61 Å². The standard InChI is InChI=1S/C31H32O2/c1-31(2,3)29-16-12-27(13-17-29)28-14-18-30(19-15-28)33-22-26-10-6-24(7-11-26)20-23-4-8-25(21-32)9-5-23/h4-19,32H,20-22H2,1-3H3. The zero-order valence-corrected chi connectivity index (χ0v) is 19.7. The summed E-state index contributed by atoms with van der Waals surface area (Å²) >= 11 is 0. The van der Waals surface area contributed by atoms with Gasteiger partial charge in [-0.3, -0.25) is 0 Å². The molecule has 4 aromatic rings. The van der Waals surface area contributed by atoms with Crippen LogP contribution in [0.15, 0.2) is 97.1 Å². The van der Waals surface area contributed by atoms with E-state index >= 15 is 0 Å². The van der Waals surface area contributed by atoms with Crippen molar-refractivity contribution in [3.8, 4) is 16.9 Å². The average Bonchev–Trinajstić information content (AvgIpc) is 2.84. The number of hydrogen-bond donors (Lipinski definition) is 1. The fourth-order valence-corrected chi connectivity index (χ4v) is 3.82. The molecular weight excluding hydrogens is 404 g/mol. The minimum atomic E-state index is 0.0856. The lowest BCUT2D eigenvalue weighted by atomic mass is 9.86. The summed E-state index contributed by atoms with van der Waals surface area (Å²) in [5, 5.41) is 9.17. The van der Waals surface area contributed by atoms with Gasteiger partial charge in [-0.25, -0.2) is 0 Å². The van der Waals surface area contributed by atoms with Crippen LogP contribution in [0, 0.1) is 0 Å². The van der Waals surface area contributed by atoms with Crippen LogP contribution in [0.2, 0.25) is 0 Å². The van der Waals surface area contributed by atoms with Gasteiger partial charge >= 0.3 is 0 Å². The number of aliphatic hydroxyl groups excluding tert-OH is 1. The predicted molar refractivity (Wildman–Crippen MR) is 137 cm³/mol. The van der Waals surface area contributed by atoms with E-state index in [0.717, 1.165) is 23.3 Å². The van der Waals surface area contributed by atoms with Crippen molar-refractivity contribution in [1.29, 1.82) is 0 Å². The molecule has 0 unspecified atom stereocenters. The maximum absolute atomic E-state index is 9.17. The summed E-state index contributed by atoms with van der Waals surface area (Å²) in [6.07, 6.45) is 0.880. The van der Waals surface area contributed by atoms with Gasteiger partial charge in [-0.15, -0.1) is 0 Å². The van der Waals surface area contributed by atoms with Crippen molar-refractivity contribution >= 4 is 0 Å². The Kier molecular flexibility index (Phi) is 6.96. The minimum Gasteiger partial charge on any atom is -0.489 e. The number of ether oxygens (including phenoxy) is 1. The van der Waals surface area contributed by atoms with Gasteiger partial charge in [0.2, 0.25) is 0 Å². The molecule has 0 heterocycles. The normalized spacial score (nSPS) is 11.4. The number of hydrogen-bond acceptors (Lipinski definition) is 2. The van der Waals surface area contributed by atoms with Crippen LogP contribution in [0.5, 0.6) is 5.75 Å². The summed E-state index contributed by atoms with van der Waals surface area (Å²) < 4.78 is 6.01. The van der Waals surface area contributed by atoms with Crippen LogP contribution in [-0.2, 0) is 25.0 Å². The van der Waals surface area contributed by atoms with Crippen molar-refractivity contribution in [3.05, 3.63) is 125 Å². The molecule has 0 spiro atoms. The summed E-state index contributed by atoms with van der Waals surface area (Å²) in [7, 11) is 0. The zero-order valence-electron chi connectivity index (χ0n) is 19.7. The zero-order chi connectivity index (χ0) is 23.3. The first-order chi connectivity index (χ1) is 15.9. The van der Waals surface area contributed by atoms with Crippen LogP contribution >= 0.6 is 0 Å². The topological polar surface area (TPSA) is 29.5 Å². The first-order valence-electron chi connectivity index (χ1n) is 11.5. The van der Waals surface area contributed by atoms with Crippen molar-refractivity contribution in [2.24, 2.45) is 0 Å². The molecular formula is C31H32O2. The van der Waals surface area contributed by atoms with Crippen LogP contribution in [-0.4, -0.2) is 5.11 Å². The van der Waals surface area contributed by atoms with Gasteiger partial charge in [-0.2, -0.15) is 0 Å². The highest BCUT2D eigenvalue weighted by molar-refractivity contribution is 5.64. The average molecular weight is 437 g/mol. The molecule has 4 rings (SSSR count). The lowest BCUT2D eigenvalue weighted by Crippen LogP contribution is -2.10. The quantitative estimate of drug-likeness (QED) is 0.329. The van der Waals surface area contributed by atoms with Crippen LogP contribution in [0.3, 0.4) is 0 Å². The van der Waals surface area contributed by atoms with E-state index < -0.39 is 0 Å². The van der Waals surface area contributed by atoms with Crippen LogP contribution < -0.4 is 4.74 Å². The fourth-order valence-electron chi connectivity index (χ4n) is 3.82. The van der Waals surface area contributed by atoms with E-state index in [1.54, 1.807) is 0 Å². The Morgan fingerprint density at radius 1 is 0.576 bits per heavy atom. The first kappa shape index (κ1) is 22.8. The van der Waals surface area contributed by atoms with E-state index in [-0.39, 0.29) is 12.0 Å². The summed E-state index contributed by atoms with van der Waals surface area (Å²) in [6.45, 7) is 7.34. The smallest absolute Gasteiger partial charge is 0.119 e. The molecule has 2 heteroatoms. The van der Waals surface area contributed by atoms with Gasteiger partial charge in [0.1, 0.15) is 12.4 Å². The Morgan fingerprint density at radius 3 is 1.52 bits per heavy atom. The lowest BCUT2D eigenvalue weighted by Gasteiger charge is -2.19. The molecule has 0 radical (unpaired) electrons. The Morgan fingerprint density at radius 2 is 1.03 bits per heavy atom. The molecule has 0 fully saturated rings. The van der Waals surface area contributed by atoms with Gasteiger partial charge < -0.3 is 9.84 Å².